The normalized spacial score (nSPS) is 10.1. The highest BCUT2D eigenvalue weighted by Crippen LogP contribution is 2.24. The van der Waals surface area contributed by atoms with Gasteiger partial charge in [0, 0.05) is 6.42 Å². The lowest BCUT2D eigenvalue weighted by Crippen LogP contribution is -2.11. The van der Waals surface area contributed by atoms with Gasteiger partial charge in [-0.05, 0) is 30.5 Å². The van der Waals surface area contributed by atoms with E-state index in [1.807, 2.05) is 49.4 Å². The van der Waals surface area contributed by atoms with Gasteiger partial charge in [0.25, 0.3) is 0 Å². The Bertz CT molecular complexity index is 566. The molecule has 2 rings (SSSR count). The van der Waals surface area contributed by atoms with E-state index in [9.17, 15) is 4.79 Å². The van der Waals surface area contributed by atoms with Gasteiger partial charge >= 0.3 is 0 Å². The zero-order chi connectivity index (χ0) is 14.9. The molecular formula is C18H21NO2. The molecule has 0 unspecified atom stereocenters. The third-order valence-electron chi connectivity index (χ3n) is 3.19. The second kappa shape index (κ2) is 8.10. The molecule has 0 bridgehead atoms. The Kier molecular flexibility index (Phi) is 5.83. The van der Waals surface area contributed by atoms with Crippen LogP contribution in [0.3, 0.4) is 0 Å². The Morgan fingerprint density at radius 3 is 2.52 bits per heavy atom. The van der Waals surface area contributed by atoms with Gasteiger partial charge in [-0.25, -0.2) is 0 Å². The van der Waals surface area contributed by atoms with Crippen LogP contribution in [0.4, 0.5) is 5.69 Å². The van der Waals surface area contributed by atoms with Crippen LogP contribution >= 0.6 is 0 Å². The Hall–Kier alpha value is -2.29. The van der Waals surface area contributed by atoms with Crippen LogP contribution in [-0.2, 0) is 11.2 Å². The first kappa shape index (κ1) is 15.1. The maximum atomic E-state index is 11.5. The quantitative estimate of drug-likeness (QED) is 0.779. The molecule has 0 heterocycles. The van der Waals surface area contributed by atoms with Crippen LogP contribution in [-0.4, -0.2) is 12.5 Å². The summed E-state index contributed by atoms with van der Waals surface area (Å²) in [5.41, 5.74) is 2.05. The van der Waals surface area contributed by atoms with Crippen LogP contribution in [0.15, 0.2) is 54.6 Å². The summed E-state index contributed by atoms with van der Waals surface area (Å²) in [6, 6.07) is 17.9. The number of rotatable bonds is 7. The molecule has 0 saturated heterocycles. The van der Waals surface area contributed by atoms with Crippen molar-refractivity contribution in [3.8, 4) is 5.75 Å². The Balaban J connectivity index is 1.84. The summed E-state index contributed by atoms with van der Waals surface area (Å²) < 4.78 is 5.79. The van der Waals surface area contributed by atoms with Crippen molar-refractivity contribution in [1.82, 2.24) is 0 Å². The van der Waals surface area contributed by atoms with Crippen LogP contribution in [0, 0.1) is 0 Å². The van der Waals surface area contributed by atoms with Crippen molar-refractivity contribution in [3.05, 3.63) is 60.2 Å². The maximum Gasteiger partial charge on any atom is 0.224 e. The Morgan fingerprint density at radius 2 is 1.76 bits per heavy atom. The molecule has 0 fully saturated rings. The van der Waals surface area contributed by atoms with Crippen LogP contribution in [0.25, 0.3) is 0 Å². The fraction of sp³-hybridized carbons (Fsp3) is 0.278. The van der Waals surface area contributed by atoms with E-state index in [1.54, 1.807) is 0 Å². The number of para-hydroxylation sites is 2. The molecule has 0 radical (unpaired) electrons. The molecule has 0 aromatic heterocycles. The molecule has 21 heavy (non-hydrogen) atoms. The standard InChI is InChI=1S/C18H21NO2/c1-2-18(20)19-16-12-6-7-13-17(16)21-14-8-11-15-9-4-3-5-10-15/h3-7,9-10,12-13H,2,8,11,14H2,1H3,(H,19,20). The highest BCUT2D eigenvalue weighted by atomic mass is 16.5. The largest absolute Gasteiger partial charge is 0.491 e. The van der Waals surface area contributed by atoms with Gasteiger partial charge in [-0.15, -0.1) is 0 Å². The first-order valence-corrected chi connectivity index (χ1v) is 7.35. The average Bonchev–Trinajstić information content (AvgIpc) is 2.54. The zero-order valence-electron chi connectivity index (χ0n) is 12.3. The smallest absolute Gasteiger partial charge is 0.224 e. The molecular weight excluding hydrogens is 262 g/mol. The Labute approximate surface area is 126 Å². The molecule has 2 aromatic carbocycles. The molecule has 0 spiro atoms. The van der Waals surface area contributed by atoms with E-state index in [1.165, 1.54) is 5.56 Å². The van der Waals surface area contributed by atoms with Gasteiger partial charge in [0.1, 0.15) is 5.75 Å². The van der Waals surface area contributed by atoms with Gasteiger partial charge in [0.15, 0.2) is 0 Å². The summed E-state index contributed by atoms with van der Waals surface area (Å²) in [5, 5.41) is 2.85. The van der Waals surface area contributed by atoms with Crippen molar-refractivity contribution in [2.24, 2.45) is 0 Å². The number of ether oxygens (including phenoxy) is 1. The molecule has 0 atom stereocenters. The van der Waals surface area contributed by atoms with Crippen molar-refractivity contribution in [2.45, 2.75) is 26.2 Å². The lowest BCUT2D eigenvalue weighted by atomic mass is 10.1. The van der Waals surface area contributed by atoms with E-state index in [2.05, 4.69) is 17.4 Å². The third kappa shape index (κ3) is 4.95. The molecule has 2 aromatic rings. The number of hydrogen-bond acceptors (Lipinski definition) is 2. The van der Waals surface area contributed by atoms with E-state index < -0.39 is 0 Å². The minimum atomic E-state index is -0.00432. The topological polar surface area (TPSA) is 38.3 Å². The number of hydrogen-bond donors (Lipinski definition) is 1. The predicted molar refractivity (Wildman–Crippen MR) is 85.6 cm³/mol. The van der Waals surface area contributed by atoms with Crippen LogP contribution < -0.4 is 10.1 Å². The van der Waals surface area contributed by atoms with Crippen molar-refractivity contribution in [3.63, 3.8) is 0 Å². The summed E-state index contributed by atoms with van der Waals surface area (Å²) in [5.74, 6) is 0.725. The molecule has 110 valence electrons. The minimum Gasteiger partial charge on any atom is -0.491 e. The monoisotopic (exact) mass is 283 g/mol. The lowest BCUT2D eigenvalue weighted by Gasteiger charge is -2.12. The average molecular weight is 283 g/mol. The summed E-state index contributed by atoms with van der Waals surface area (Å²) in [4.78, 5) is 11.5. The van der Waals surface area contributed by atoms with E-state index in [0.29, 0.717) is 13.0 Å². The number of anilines is 1. The first-order valence-electron chi connectivity index (χ1n) is 7.35. The number of aryl methyl sites for hydroxylation is 1. The van der Waals surface area contributed by atoms with Crippen LogP contribution in [0.5, 0.6) is 5.75 Å². The maximum absolute atomic E-state index is 11.5. The number of carbonyl (C=O) groups is 1. The summed E-state index contributed by atoms with van der Waals surface area (Å²) in [6.07, 6.45) is 2.40. The highest BCUT2D eigenvalue weighted by Gasteiger charge is 2.05. The van der Waals surface area contributed by atoms with E-state index in [0.717, 1.165) is 24.3 Å². The third-order valence-corrected chi connectivity index (χ3v) is 3.19. The summed E-state index contributed by atoms with van der Waals surface area (Å²) in [6.45, 7) is 2.46. The van der Waals surface area contributed by atoms with Crippen molar-refractivity contribution >= 4 is 11.6 Å². The fourth-order valence-electron chi connectivity index (χ4n) is 2.04. The zero-order valence-corrected chi connectivity index (χ0v) is 12.3. The molecule has 0 aliphatic heterocycles. The fourth-order valence-corrected chi connectivity index (χ4v) is 2.04. The summed E-state index contributed by atoms with van der Waals surface area (Å²) >= 11 is 0. The predicted octanol–water partition coefficient (Wildman–Crippen LogP) is 4.05. The summed E-state index contributed by atoms with van der Waals surface area (Å²) in [7, 11) is 0. The van der Waals surface area contributed by atoms with Crippen molar-refractivity contribution in [2.75, 3.05) is 11.9 Å². The molecule has 0 saturated carbocycles. The van der Waals surface area contributed by atoms with Crippen LogP contribution in [0.2, 0.25) is 0 Å². The van der Waals surface area contributed by atoms with Gasteiger partial charge in [-0.2, -0.15) is 0 Å². The molecule has 3 heteroatoms. The van der Waals surface area contributed by atoms with E-state index >= 15 is 0 Å². The number of amides is 1. The van der Waals surface area contributed by atoms with Gasteiger partial charge in [0.2, 0.25) is 5.91 Å². The van der Waals surface area contributed by atoms with Gasteiger partial charge in [0.05, 0.1) is 12.3 Å². The molecule has 0 aliphatic carbocycles. The molecule has 0 aliphatic rings. The number of carbonyl (C=O) groups excluding carboxylic acids is 1. The molecule has 1 N–H and O–H groups in total. The first-order chi connectivity index (χ1) is 10.3. The molecule has 1 amide bonds. The van der Waals surface area contributed by atoms with Crippen molar-refractivity contribution < 1.29 is 9.53 Å². The lowest BCUT2D eigenvalue weighted by molar-refractivity contribution is -0.115. The minimum absolute atomic E-state index is 0.00432. The number of benzene rings is 2. The van der Waals surface area contributed by atoms with E-state index in [4.69, 9.17) is 4.74 Å². The van der Waals surface area contributed by atoms with Crippen LogP contribution in [0.1, 0.15) is 25.3 Å². The van der Waals surface area contributed by atoms with Gasteiger partial charge in [-0.1, -0.05) is 49.4 Å². The van der Waals surface area contributed by atoms with E-state index in [-0.39, 0.29) is 5.91 Å². The van der Waals surface area contributed by atoms with Gasteiger partial charge < -0.3 is 10.1 Å². The highest BCUT2D eigenvalue weighted by molar-refractivity contribution is 5.91. The second-order valence-corrected chi connectivity index (χ2v) is 4.84. The van der Waals surface area contributed by atoms with Crippen molar-refractivity contribution in [1.29, 1.82) is 0 Å². The number of nitrogens with one attached hydrogen (secondary N) is 1. The van der Waals surface area contributed by atoms with Gasteiger partial charge in [-0.3, -0.25) is 4.79 Å². The SMILES string of the molecule is CCC(=O)Nc1ccccc1OCCCc1ccccc1. The Morgan fingerprint density at radius 1 is 1.05 bits per heavy atom. The second-order valence-electron chi connectivity index (χ2n) is 4.84. The molecule has 3 nitrogen and oxygen atoms in total.